The van der Waals surface area contributed by atoms with E-state index in [1.807, 2.05) is 13.0 Å². The maximum atomic E-state index is 12.4. The molecule has 0 bridgehead atoms. The number of benzene rings is 2. The SMILES string of the molecule is CC1CCCN(c2ccc(C(C)NC(=O)CCc3c(Cl)cccc3Cl)cc2)C1. The average Bonchev–Trinajstić information content (AvgIpc) is 2.67. The summed E-state index contributed by atoms with van der Waals surface area (Å²) in [6.45, 7) is 6.57. The molecule has 5 heteroatoms. The van der Waals surface area contributed by atoms with E-state index in [1.165, 1.54) is 18.5 Å². The normalized spacial score (nSPS) is 18.0. The summed E-state index contributed by atoms with van der Waals surface area (Å²) in [5.74, 6) is 0.746. The quantitative estimate of drug-likeness (QED) is 0.619. The van der Waals surface area contributed by atoms with Crippen LogP contribution in [-0.2, 0) is 11.2 Å². The fourth-order valence-corrected chi connectivity index (χ4v) is 4.39. The Morgan fingerprint density at radius 1 is 1.18 bits per heavy atom. The first-order chi connectivity index (χ1) is 13.4. The first-order valence-electron chi connectivity index (χ1n) is 10.0. The van der Waals surface area contributed by atoms with E-state index in [2.05, 4.69) is 41.4 Å². The highest BCUT2D eigenvalue weighted by Crippen LogP contribution is 2.26. The number of halogens is 2. The average molecular weight is 419 g/mol. The molecule has 3 nitrogen and oxygen atoms in total. The largest absolute Gasteiger partial charge is 0.371 e. The third kappa shape index (κ3) is 5.42. The van der Waals surface area contributed by atoms with Crippen LogP contribution in [-0.4, -0.2) is 19.0 Å². The monoisotopic (exact) mass is 418 g/mol. The molecule has 2 atom stereocenters. The van der Waals surface area contributed by atoms with E-state index in [1.54, 1.807) is 12.1 Å². The predicted molar refractivity (Wildman–Crippen MR) is 118 cm³/mol. The van der Waals surface area contributed by atoms with Crippen LogP contribution in [0.2, 0.25) is 10.0 Å². The van der Waals surface area contributed by atoms with Crippen molar-refractivity contribution in [3.63, 3.8) is 0 Å². The fourth-order valence-electron chi connectivity index (χ4n) is 3.80. The molecule has 1 N–H and O–H groups in total. The van der Waals surface area contributed by atoms with Gasteiger partial charge < -0.3 is 10.2 Å². The smallest absolute Gasteiger partial charge is 0.220 e. The van der Waals surface area contributed by atoms with Gasteiger partial charge in [0.1, 0.15) is 0 Å². The van der Waals surface area contributed by atoms with E-state index < -0.39 is 0 Å². The maximum Gasteiger partial charge on any atom is 0.220 e. The minimum atomic E-state index is -0.0384. The molecule has 0 spiro atoms. The highest BCUT2D eigenvalue weighted by molar-refractivity contribution is 6.36. The van der Waals surface area contributed by atoms with Crippen LogP contribution in [0.15, 0.2) is 42.5 Å². The first kappa shape index (κ1) is 21.0. The third-order valence-corrected chi connectivity index (χ3v) is 6.16. The number of rotatable bonds is 6. The summed E-state index contributed by atoms with van der Waals surface area (Å²) >= 11 is 12.4. The molecule has 28 heavy (non-hydrogen) atoms. The van der Waals surface area contributed by atoms with E-state index in [9.17, 15) is 4.79 Å². The van der Waals surface area contributed by atoms with E-state index in [-0.39, 0.29) is 11.9 Å². The summed E-state index contributed by atoms with van der Waals surface area (Å²) in [6.07, 6.45) is 3.46. The summed E-state index contributed by atoms with van der Waals surface area (Å²) in [6, 6.07) is 13.9. The highest BCUT2D eigenvalue weighted by Gasteiger charge is 2.17. The molecule has 1 aliphatic heterocycles. The Bertz CT molecular complexity index is 786. The summed E-state index contributed by atoms with van der Waals surface area (Å²) < 4.78 is 0. The van der Waals surface area contributed by atoms with Crippen molar-refractivity contribution in [3.8, 4) is 0 Å². The molecule has 1 saturated heterocycles. The lowest BCUT2D eigenvalue weighted by Gasteiger charge is -2.33. The van der Waals surface area contributed by atoms with Crippen molar-refractivity contribution in [2.45, 2.75) is 45.6 Å². The van der Waals surface area contributed by atoms with Crippen LogP contribution in [0.1, 0.15) is 50.3 Å². The second-order valence-electron chi connectivity index (χ2n) is 7.77. The van der Waals surface area contributed by atoms with Gasteiger partial charge in [0.05, 0.1) is 6.04 Å². The minimum Gasteiger partial charge on any atom is -0.371 e. The number of nitrogens with zero attached hydrogens (tertiary/aromatic N) is 1. The Morgan fingerprint density at radius 2 is 1.86 bits per heavy atom. The van der Waals surface area contributed by atoms with Crippen LogP contribution >= 0.6 is 23.2 Å². The van der Waals surface area contributed by atoms with Crippen molar-refractivity contribution in [1.82, 2.24) is 5.32 Å². The van der Waals surface area contributed by atoms with E-state index in [0.29, 0.717) is 22.9 Å². The van der Waals surface area contributed by atoms with E-state index >= 15 is 0 Å². The van der Waals surface area contributed by atoms with E-state index in [0.717, 1.165) is 30.1 Å². The lowest BCUT2D eigenvalue weighted by atomic mass is 9.99. The zero-order chi connectivity index (χ0) is 20.1. The van der Waals surface area contributed by atoms with Gasteiger partial charge in [-0.25, -0.2) is 0 Å². The number of amides is 1. The number of anilines is 1. The molecule has 0 saturated carbocycles. The van der Waals surface area contributed by atoms with Gasteiger partial charge in [0.2, 0.25) is 5.91 Å². The first-order valence-corrected chi connectivity index (χ1v) is 10.8. The summed E-state index contributed by atoms with van der Waals surface area (Å²) in [7, 11) is 0. The molecular formula is C23H28Cl2N2O. The Labute approximate surface area is 178 Å². The molecule has 1 heterocycles. The summed E-state index contributed by atoms with van der Waals surface area (Å²) in [5.41, 5.74) is 3.20. The van der Waals surface area contributed by atoms with Crippen LogP contribution in [0.25, 0.3) is 0 Å². The number of nitrogens with one attached hydrogen (secondary N) is 1. The molecule has 150 valence electrons. The molecule has 0 aliphatic carbocycles. The number of hydrogen-bond acceptors (Lipinski definition) is 2. The van der Waals surface area contributed by atoms with Crippen LogP contribution < -0.4 is 10.2 Å². The van der Waals surface area contributed by atoms with Crippen molar-refractivity contribution in [2.24, 2.45) is 5.92 Å². The molecular weight excluding hydrogens is 391 g/mol. The molecule has 2 aromatic carbocycles. The summed E-state index contributed by atoms with van der Waals surface area (Å²) in [5, 5.41) is 4.29. The number of carbonyl (C=O) groups is 1. The molecule has 0 radical (unpaired) electrons. The van der Waals surface area contributed by atoms with Crippen LogP contribution in [0, 0.1) is 5.92 Å². The Kier molecular flexibility index (Phi) is 7.25. The predicted octanol–water partition coefficient (Wildman–Crippen LogP) is 6.04. The molecule has 1 amide bonds. The van der Waals surface area contributed by atoms with Gasteiger partial charge in [-0.1, -0.05) is 48.3 Å². The molecule has 0 aromatic heterocycles. The second-order valence-corrected chi connectivity index (χ2v) is 8.59. The van der Waals surface area contributed by atoms with Crippen molar-refractivity contribution < 1.29 is 4.79 Å². The topological polar surface area (TPSA) is 32.3 Å². The van der Waals surface area contributed by atoms with Crippen molar-refractivity contribution in [1.29, 1.82) is 0 Å². The van der Waals surface area contributed by atoms with Gasteiger partial charge in [0.15, 0.2) is 0 Å². The van der Waals surface area contributed by atoms with Gasteiger partial charge in [-0.05, 0) is 67.5 Å². The highest BCUT2D eigenvalue weighted by atomic mass is 35.5. The molecule has 1 fully saturated rings. The zero-order valence-electron chi connectivity index (χ0n) is 16.6. The Balaban J connectivity index is 1.54. The Hall–Kier alpha value is -1.71. The number of piperidine rings is 1. The minimum absolute atomic E-state index is 0.00239. The van der Waals surface area contributed by atoms with Gasteiger partial charge in [-0.2, -0.15) is 0 Å². The standard InChI is InChI=1S/C23H28Cl2N2O/c1-16-5-4-14-27(15-16)19-10-8-18(9-11-19)17(2)26-23(28)13-12-20-21(24)6-3-7-22(20)25/h3,6-11,16-17H,4-5,12-15H2,1-2H3,(H,26,28). The molecule has 2 aromatic rings. The molecule has 1 aliphatic rings. The Morgan fingerprint density at radius 3 is 2.50 bits per heavy atom. The second kappa shape index (κ2) is 9.67. The fraction of sp³-hybridized carbons (Fsp3) is 0.435. The van der Waals surface area contributed by atoms with Gasteiger partial charge in [-0.3, -0.25) is 4.79 Å². The number of carbonyl (C=O) groups excluding carboxylic acids is 1. The van der Waals surface area contributed by atoms with Gasteiger partial charge in [0, 0.05) is 35.2 Å². The zero-order valence-corrected chi connectivity index (χ0v) is 18.1. The van der Waals surface area contributed by atoms with Gasteiger partial charge in [-0.15, -0.1) is 0 Å². The van der Waals surface area contributed by atoms with Crippen molar-refractivity contribution in [3.05, 3.63) is 63.6 Å². The molecule has 2 unspecified atom stereocenters. The maximum absolute atomic E-state index is 12.4. The van der Waals surface area contributed by atoms with E-state index in [4.69, 9.17) is 23.2 Å². The van der Waals surface area contributed by atoms with Crippen LogP contribution in [0.3, 0.4) is 0 Å². The van der Waals surface area contributed by atoms with Gasteiger partial charge >= 0.3 is 0 Å². The third-order valence-electron chi connectivity index (χ3n) is 5.46. The number of hydrogen-bond donors (Lipinski definition) is 1. The van der Waals surface area contributed by atoms with Gasteiger partial charge in [0.25, 0.3) is 0 Å². The van der Waals surface area contributed by atoms with Crippen LogP contribution in [0.5, 0.6) is 0 Å². The lowest BCUT2D eigenvalue weighted by molar-refractivity contribution is -0.121. The lowest BCUT2D eigenvalue weighted by Crippen LogP contribution is -2.34. The van der Waals surface area contributed by atoms with Crippen molar-refractivity contribution >= 4 is 34.8 Å². The molecule has 3 rings (SSSR count). The summed E-state index contributed by atoms with van der Waals surface area (Å²) in [4.78, 5) is 14.8. The van der Waals surface area contributed by atoms with Crippen LogP contribution in [0.4, 0.5) is 5.69 Å². The van der Waals surface area contributed by atoms with Crippen molar-refractivity contribution in [2.75, 3.05) is 18.0 Å².